The summed E-state index contributed by atoms with van der Waals surface area (Å²) in [5, 5.41) is 6.67. The molecule has 130 valence electrons. The Balaban J connectivity index is 0. The van der Waals surface area contributed by atoms with Crippen molar-refractivity contribution in [1.29, 1.82) is 0 Å². The van der Waals surface area contributed by atoms with Gasteiger partial charge in [0.1, 0.15) is 0 Å². The number of hydrazine groups is 2. The third-order valence-electron chi connectivity index (χ3n) is 2.73. The first-order valence-corrected chi connectivity index (χ1v) is 9.01. The van der Waals surface area contributed by atoms with Crippen molar-refractivity contribution in [1.82, 2.24) is 15.1 Å². The Hall–Kier alpha value is -1.38. The second-order valence-corrected chi connectivity index (χ2v) is 5.07. The first-order chi connectivity index (χ1) is 10.6. The lowest BCUT2D eigenvalue weighted by Gasteiger charge is -2.40. The molecule has 0 aliphatic carbocycles. The van der Waals surface area contributed by atoms with Crippen LogP contribution in [-0.2, 0) is 0 Å². The molecule has 0 aromatic rings. The molecule has 0 saturated carbocycles. The van der Waals surface area contributed by atoms with Crippen molar-refractivity contribution in [2.24, 2.45) is 11.8 Å². The van der Waals surface area contributed by atoms with Gasteiger partial charge >= 0.3 is 0 Å². The third kappa shape index (κ3) is 6.59. The molecular weight excluding hydrogens is 270 g/mol. The topological polar surface area (TPSA) is 9.72 Å². The van der Waals surface area contributed by atoms with E-state index in [1.807, 2.05) is 41.5 Å². The first kappa shape index (κ1) is 22.9. The van der Waals surface area contributed by atoms with E-state index >= 15 is 0 Å². The number of hydrogen-bond donors (Lipinski definition) is 0. The summed E-state index contributed by atoms with van der Waals surface area (Å²) in [7, 11) is 0. The highest BCUT2D eigenvalue weighted by Crippen LogP contribution is 2.28. The summed E-state index contributed by atoms with van der Waals surface area (Å²) in [5.41, 5.74) is 1.34. The zero-order valence-electron chi connectivity index (χ0n) is 16.6. The zero-order valence-corrected chi connectivity index (χ0v) is 16.6. The molecular formula is C19H39N3. The lowest BCUT2D eigenvalue weighted by atomic mass is 10.1. The molecule has 0 atom stereocenters. The summed E-state index contributed by atoms with van der Waals surface area (Å²) >= 11 is 0. The van der Waals surface area contributed by atoms with E-state index in [0.717, 1.165) is 6.54 Å². The number of fused-ring (bicyclic) bond motifs is 1. The van der Waals surface area contributed by atoms with E-state index in [0.29, 0.717) is 11.8 Å². The van der Waals surface area contributed by atoms with Crippen molar-refractivity contribution >= 4 is 0 Å². The quantitative estimate of drug-likeness (QED) is 0.632. The predicted octanol–water partition coefficient (Wildman–Crippen LogP) is 6.01. The minimum Gasteiger partial charge on any atom is -0.272 e. The van der Waals surface area contributed by atoms with Crippen molar-refractivity contribution < 1.29 is 0 Å². The molecule has 0 saturated heterocycles. The summed E-state index contributed by atoms with van der Waals surface area (Å²) in [5.74, 6) is 1.19. The fourth-order valence-corrected chi connectivity index (χ4v) is 2.03. The molecule has 0 radical (unpaired) electrons. The van der Waals surface area contributed by atoms with Gasteiger partial charge in [-0.05, 0) is 24.0 Å². The Labute approximate surface area is 139 Å². The van der Waals surface area contributed by atoms with E-state index in [2.05, 4.69) is 73.6 Å². The van der Waals surface area contributed by atoms with Crippen LogP contribution in [0.15, 0.2) is 36.4 Å². The fraction of sp³-hybridized carbons (Fsp3) is 0.684. The van der Waals surface area contributed by atoms with Crippen LogP contribution in [-0.4, -0.2) is 21.7 Å². The van der Waals surface area contributed by atoms with Gasteiger partial charge in [0.25, 0.3) is 0 Å². The number of allylic oxidation sites excluding steroid dienone is 3. The maximum absolute atomic E-state index is 2.28. The van der Waals surface area contributed by atoms with E-state index in [-0.39, 0.29) is 0 Å². The second-order valence-electron chi connectivity index (χ2n) is 5.07. The maximum Gasteiger partial charge on any atom is 0.0619 e. The molecule has 0 spiro atoms. The van der Waals surface area contributed by atoms with Crippen LogP contribution in [0.25, 0.3) is 0 Å². The summed E-state index contributed by atoms with van der Waals surface area (Å²) in [4.78, 5) is 0. The normalized spacial score (nSPS) is 14.5. The molecule has 0 N–H and O–H groups in total. The molecule has 0 fully saturated rings. The minimum absolute atomic E-state index is 0.530. The van der Waals surface area contributed by atoms with Gasteiger partial charge in [-0.2, -0.15) is 5.12 Å². The van der Waals surface area contributed by atoms with Crippen molar-refractivity contribution in [3.05, 3.63) is 36.4 Å². The molecule has 0 bridgehead atoms. The van der Waals surface area contributed by atoms with Crippen LogP contribution >= 0.6 is 0 Å². The largest absolute Gasteiger partial charge is 0.272 e. The van der Waals surface area contributed by atoms with Crippen molar-refractivity contribution in [2.75, 3.05) is 6.54 Å². The van der Waals surface area contributed by atoms with Crippen LogP contribution in [0.2, 0.25) is 0 Å². The smallest absolute Gasteiger partial charge is 0.0619 e. The highest BCUT2D eigenvalue weighted by Gasteiger charge is 2.27. The van der Waals surface area contributed by atoms with Gasteiger partial charge in [-0.1, -0.05) is 69.2 Å². The Morgan fingerprint density at radius 3 is 1.82 bits per heavy atom. The summed E-state index contributed by atoms with van der Waals surface area (Å²) in [6, 6.07) is 0. The third-order valence-corrected chi connectivity index (χ3v) is 2.73. The van der Waals surface area contributed by atoms with E-state index in [4.69, 9.17) is 0 Å². The monoisotopic (exact) mass is 309 g/mol. The van der Waals surface area contributed by atoms with E-state index < -0.39 is 0 Å². The van der Waals surface area contributed by atoms with Crippen molar-refractivity contribution in [2.45, 2.75) is 69.2 Å². The molecule has 0 unspecified atom stereocenters. The molecule has 0 aromatic heterocycles. The molecule has 0 aromatic carbocycles. The molecule has 22 heavy (non-hydrogen) atoms. The van der Waals surface area contributed by atoms with Gasteiger partial charge in [-0.15, -0.1) is 0 Å². The predicted molar refractivity (Wildman–Crippen MR) is 100 cm³/mol. The number of hydrogen-bond acceptors (Lipinski definition) is 3. The fourth-order valence-electron chi connectivity index (χ4n) is 2.03. The van der Waals surface area contributed by atoms with Gasteiger partial charge in [-0.3, -0.25) is 5.01 Å². The Morgan fingerprint density at radius 2 is 1.36 bits per heavy atom. The summed E-state index contributed by atoms with van der Waals surface area (Å²) in [6.07, 6.45) is 10.6. The van der Waals surface area contributed by atoms with E-state index in [1.165, 1.54) is 5.70 Å². The standard InChI is InChI=1S/C13H21N3.3C2H6/c1-11(2)10-15-9-8-14-7-5-6-13(12(3)4)16(14)15;3*1-2/h5-9,11-12H,10H2,1-4H3;3*1-2H3. The van der Waals surface area contributed by atoms with Crippen LogP contribution < -0.4 is 0 Å². The SMILES string of the molecule is CC.CC.CC.CC(C)CN1C=CN2C=CC=C(C(C)C)N21. The molecule has 2 aliphatic rings. The molecule has 2 aliphatic heterocycles. The van der Waals surface area contributed by atoms with Crippen LogP contribution in [0.3, 0.4) is 0 Å². The lowest BCUT2D eigenvalue weighted by Crippen LogP contribution is -2.45. The van der Waals surface area contributed by atoms with Gasteiger partial charge < -0.3 is 0 Å². The van der Waals surface area contributed by atoms with Gasteiger partial charge in [0, 0.05) is 25.1 Å². The van der Waals surface area contributed by atoms with Crippen LogP contribution in [0.4, 0.5) is 0 Å². The average Bonchev–Trinajstić information content (AvgIpc) is 2.95. The molecule has 3 heteroatoms. The Kier molecular flexibility index (Phi) is 13.8. The van der Waals surface area contributed by atoms with Gasteiger partial charge in [0.15, 0.2) is 0 Å². The average molecular weight is 310 g/mol. The minimum atomic E-state index is 0.530. The van der Waals surface area contributed by atoms with Crippen LogP contribution in [0.1, 0.15) is 69.2 Å². The Bertz CT molecular complexity index is 341. The highest BCUT2D eigenvalue weighted by molar-refractivity contribution is 5.20. The molecule has 0 amide bonds. The molecule has 2 rings (SSSR count). The zero-order chi connectivity index (χ0) is 17.7. The second kappa shape index (κ2) is 13.3. The van der Waals surface area contributed by atoms with Gasteiger partial charge in [0.2, 0.25) is 0 Å². The lowest BCUT2D eigenvalue weighted by molar-refractivity contribution is -0.0628. The van der Waals surface area contributed by atoms with Gasteiger partial charge in [-0.25, -0.2) is 5.01 Å². The maximum atomic E-state index is 2.28. The Morgan fingerprint density at radius 1 is 0.818 bits per heavy atom. The number of rotatable bonds is 3. The van der Waals surface area contributed by atoms with Crippen molar-refractivity contribution in [3.63, 3.8) is 0 Å². The van der Waals surface area contributed by atoms with Crippen LogP contribution in [0.5, 0.6) is 0 Å². The van der Waals surface area contributed by atoms with Crippen molar-refractivity contribution in [3.8, 4) is 0 Å². The van der Waals surface area contributed by atoms with E-state index in [9.17, 15) is 0 Å². The van der Waals surface area contributed by atoms with E-state index in [1.54, 1.807) is 0 Å². The molecule has 3 nitrogen and oxygen atoms in total. The summed E-state index contributed by atoms with van der Waals surface area (Å²) in [6.45, 7) is 22.0. The highest BCUT2D eigenvalue weighted by atomic mass is 15.9. The molecule has 2 heterocycles. The first-order valence-electron chi connectivity index (χ1n) is 9.01. The van der Waals surface area contributed by atoms with Gasteiger partial charge in [0.05, 0.1) is 5.70 Å². The number of nitrogens with zero attached hydrogens (tertiary/aromatic N) is 3. The summed E-state index contributed by atoms with van der Waals surface area (Å²) < 4.78 is 0. The van der Waals surface area contributed by atoms with Crippen LogP contribution in [0, 0.1) is 11.8 Å².